The van der Waals surface area contributed by atoms with Crippen LogP contribution in [0.25, 0.3) is 0 Å². The molecule has 0 saturated carbocycles. The fraction of sp³-hybridized carbons (Fsp3) is 0.208. The predicted octanol–water partition coefficient (Wildman–Crippen LogP) is 3.78. The number of hydrogen-bond donors (Lipinski definition) is 1. The van der Waals surface area contributed by atoms with E-state index in [0.717, 1.165) is 9.87 Å². The van der Waals surface area contributed by atoms with Crippen LogP contribution in [0.15, 0.2) is 83.8 Å². The molecule has 1 amide bonds. The molecule has 0 radical (unpaired) electrons. The van der Waals surface area contributed by atoms with Gasteiger partial charge < -0.3 is 14.8 Å². The summed E-state index contributed by atoms with van der Waals surface area (Å²) in [5.41, 5.74) is 1.24. The first-order valence-corrected chi connectivity index (χ1v) is 11.4. The summed E-state index contributed by atoms with van der Waals surface area (Å²) in [4.78, 5) is 13.0. The third-order valence-corrected chi connectivity index (χ3v) is 6.76. The Bertz CT molecular complexity index is 1130. The standard InChI is InChI=1S/C24H26N2O5S/c1-18(19-9-13-21(30-2)14-10-19)25-24(27)17-26(20-11-15-22(31-3)16-12-20)32(28,29)23-7-5-4-6-8-23/h4-16,18H,17H2,1-3H3,(H,25,27)/t18-/m1/s1. The number of nitrogens with zero attached hydrogens (tertiary/aromatic N) is 1. The highest BCUT2D eigenvalue weighted by atomic mass is 32.2. The average Bonchev–Trinajstić information content (AvgIpc) is 2.83. The van der Waals surface area contributed by atoms with Gasteiger partial charge in [0.05, 0.1) is 30.8 Å². The van der Waals surface area contributed by atoms with E-state index in [1.807, 2.05) is 31.2 Å². The second-order valence-electron chi connectivity index (χ2n) is 7.09. The van der Waals surface area contributed by atoms with Crippen LogP contribution in [0.1, 0.15) is 18.5 Å². The smallest absolute Gasteiger partial charge is 0.264 e. The lowest BCUT2D eigenvalue weighted by atomic mass is 10.1. The van der Waals surface area contributed by atoms with E-state index in [-0.39, 0.29) is 17.5 Å². The monoisotopic (exact) mass is 454 g/mol. The molecule has 3 aromatic carbocycles. The number of amides is 1. The molecule has 0 fully saturated rings. The average molecular weight is 455 g/mol. The Labute approximate surface area is 188 Å². The third kappa shape index (κ3) is 5.39. The number of benzene rings is 3. The molecule has 3 aromatic rings. The minimum absolute atomic E-state index is 0.104. The Morgan fingerprint density at radius 2 is 1.41 bits per heavy atom. The van der Waals surface area contributed by atoms with E-state index in [0.29, 0.717) is 17.2 Å². The van der Waals surface area contributed by atoms with Gasteiger partial charge in [0.1, 0.15) is 18.0 Å². The van der Waals surface area contributed by atoms with Gasteiger partial charge in [-0.25, -0.2) is 8.42 Å². The SMILES string of the molecule is COc1ccc([C@@H](C)NC(=O)CN(c2ccc(OC)cc2)S(=O)(=O)c2ccccc2)cc1. The minimum atomic E-state index is -3.96. The van der Waals surface area contributed by atoms with Crippen LogP contribution in [0.5, 0.6) is 11.5 Å². The number of carbonyl (C=O) groups excluding carboxylic acids is 1. The van der Waals surface area contributed by atoms with Crippen molar-refractivity contribution in [1.29, 1.82) is 0 Å². The Balaban J connectivity index is 1.85. The van der Waals surface area contributed by atoms with Crippen LogP contribution < -0.4 is 19.1 Å². The Kier molecular flexibility index (Phi) is 7.37. The van der Waals surface area contributed by atoms with Crippen LogP contribution in [0, 0.1) is 0 Å². The maximum absolute atomic E-state index is 13.3. The summed E-state index contributed by atoms with van der Waals surface area (Å²) < 4.78 is 38.1. The first-order valence-electron chi connectivity index (χ1n) is 10.0. The topological polar surface area (TPSA) is 84.9 Å². The summed E-state index contributed by atoms with van der Waals surface area (Å²) >= 11 is 0. The zero-order valence-electron chi connectivity index (χ0n) is 18.2. The molecule has 0 aliphatic carbocycles. The van der Waals surface area contributed by atoms with E-state index in [1.54, 1.807) is 49.6 Å². The number of carbonyl (C=O) groups is 1. The number of methoxy groups -OCH3 is 2. The Morgan fingerprint density at radius 1 is 0.875 bits per heavy atom. The lowest BCUT2D eigenvalue weighted by Gasteiger charge is -2.25. The summed E-state index contributed by atoms with van der Waals surface area (Å²) in [7, 11) is -0.849. The van der Waals surface area contributed by atoms with Gasteiger partial charge in [0.25, 0.3) is 10.0 Å². The maximum atomic E-state index is 13.3. The van der Waals surface area contributed by atoms with Crippen LogP contribution in [0.4, 0.5) is 5.69 Å². The normalized spacial score (nSPS) is 12.0. The van der Waals surface area contributed by atoms with Gasteiger partial charge in [0.2, 0.25) is 5.91 Å². The van der Waals surface area contributed by atoms with Crippen molar-refractivity contribution in [3.63, 3.8) is 0 Å². The number of sulfonamides is 1. The van der Waals surface area contributed by atoms with E-state index in [1.165, 1.54) is 19.2 Å². The van der Waals surface area contributed by atoms with Crippen molar-refractivity contribution in [2.75, 3.05) is 25.1 Å². The van der Waals surface area contributed by atoms with Crippen molar-refractivity contribution >= 4 is 21.6 Å². The maximum Gasteiger partial charge on any atom is 0.264 e. The molecule has 0 heterocycles. The zero-order valence-corrected chi connectivity index (χ0v) is 19.0. The molecule has 0 aliphatic heterocycles. The van der Waals surface area contributed by atoms with Gasteiger partial charge in [-0.15, -0.1) is 0 Å². The molecule has 8 heteroatoms. The molecule has 0 spiro atoms. The van der Waals surface area contributed by atoms with E-state index >= 15 is 0 Å². The molecular weight excluding hydrogens is 428 g/mol. The van der Waals surface area contributed by atoms with Crippen molar-refractivity contribution in [3.8, 4) is 11.5 Å². The van der Waals surface area contributed by atoms with Gasteiger partial charge in [0.15, 0.2) is 0 Å². The van der Waals surface area contributed by atoms with E-state index in [4.69, 9.17) is 9.47 Å². The van der Waals surface area contributed by atoms with Crippen molar-refractivity contribution in [2.24, 2.45) is 0 Å². The van der Waals surface area contributed by atoms with Crippen LogP contribution in [0.3, 0.4) is 0 Å². The summed E-state index contributed by atoms with van der Waals surface area (Å²) in [6, 6.07) is 21.6. The lowest BCUT2D eigenvalue weighted by Crippen LogP contribution is -2.41. The molecular formula is C24H26N2O5S. The lowest BCUT2D eigenvalue weighted by molar-refractivity contribution is -0.120. The van der Waals surface area contributed by atoms with E-state index in [2.05, 4.69) is 5.32 Å². The minimum Gasteiger partial charge on any atom is -0.497 e. The van der Waals surface area contributed by atoms with Crippen LogP contribution in [0.2, 0.25) is 0 Å². The number of nitrogens with one attached hydrogen (secondary N) is 1. The predicted molar refractivity (Wildman–Crippen MR) is 124 cm³/mol. The van der Waals surface area contributed by atoms with Crippen LogP contribution in [-0.2, 0) is 14.8 Å². The summed E-state index contributed by atoms with van der Waals surface area (Å²) in [6.07, 6.45) is 0. The Hall–Kier alpha value is -3.52. The number of anilines is 1. The number of rotatable bonds is 9. The highest BCUT2D eigenvalue weighted by molar-refractivity contribution is 7.92. The molecule has 32 heavy (non-hydrogen) atoms. The molecule has 0 aliphatic rings. The van der Waals surface area contributed by atoms with Gasteiger partial charge in [-0.1, -0.05) is 30.3 Å². The second-order valence-corrected chi connectivity index (χ2v) is 8.95. The molecule has 1 atom stereocenters. The van der Waals surface area contributed by atoms with Gasteiger partial charge in [-0.2, -0.15) is 0 Å². The van der Waals surface area contributed by atoms with E-state index in [9.17, 15) is 13.2 Å². The van der Waals surface area contributed by atoms with Crippen molar-refractivity contribution in [3.05, 3.63) is 84.4 Å². The fourth-order valence-corrected chi connectivity index (χ4v) is 4.62. The van der Waals surface area contributed by atoms with Gasteiger partial charge in [-0.05, 0) is 61.0 Å². The Morgan fingerprint density at radius 3 is 1.94 bits per heavy atom. The second kappa shape index (κ2) is 10.2. The van der Waals surface area contributed by atoms with Crippen molar-refractivity contribution in [2.45, 2.75) is 17.9 Å². The first-order chi connectivity index (χ1) is 15.3. The zero-order chi connectivity index (χ0) is 23.1. The molecule has 0 saturated heterocycles. The highest BCUT2D eigenvalue weighted by Crippen LogP contribution is 2.26. The van der Waals surface area contributed by atoms with Gasteiger partial charge >= 0.3 is 0 Å². The quantitative estimate of drug-likeness (QED) is 0.532. The molecule has 1 N–H and O–H groups in total. The first kappa shape index (κ1) is 23.1. The highest BCUT2D eigenvalue weighted by Gasteiger charge is 2.27. The number of hydrogen-bond acceptors (Lipinski definition) is 5. The number of ether oxygens (including phenoxy) is 2. The molecule has 0 unspecified atom stereocenters. The summed E-state index contributed by atoms with van der Waals surface area (Å²) in [5.74, 6) is 0.874. The molecule has 0 aromatic heterocycles. The largest absolute Gasteiger partial charge is 0.497 e. The van der Waals surface area contributed by atoms with Crippen LogP contribution in [-0.4, -0.2) is 35.1 Å². The molecule has 0 bridgehead atoms. The summed E-state index contributed by atoms with van der Waals surface area (Å²) in [5, 5.41) is 2.87. The van der Waals surface area contributed by atoms with E-state index < -0.39 is 15.9 Å². The molecule has 3 rings (SSSR count). The van der Waals surface area contributed by atoms with Gasteiger partial charge in [-0.3, -0.25) is 9.10 Å². The van der Waals surface area contributed by atoms with Crippen LogP contribution >= 0.6 is 0 Å². The van der Waals surface area contributed by atoms with Crippen molar-refractivity contribution < 1.29 is 22.7 Å². The van der Waals surface area contributed by atoms with Gasteiger partial charge in [0, 0.05) is 0 Å². The van der Waals surface area contributed by atoms with Crippen molar-refractivity contribution in [1.82, 2.24) is 5.32 Å². The summed E-state index contributed by atoms with van der Waals surface area (Å²) in [6.45, 7) is 1.47. The molecule has 7 nitrogen and oxygen atoms in total. The third-order valence-electron chi connectivity index (χ3n) is 4.97. The molecule has 168 valence electrons. The fourth-order valence-electron chi connectivity index (χ4n) is 3.18.